The van der Waals surface area contributed by atoms with Gasteiger partial charge in [-0.1, -0.05) is 0 Å². The smallest absolute Gasteiger partial charge is 0.411 e. The summed E-state index contributed by atoms with van der Waals surface area (Å²) in [6, 6.07) is -0.868. The van der Waals surface area contributed by atoms with Crippen LogP contribution in [0.3, 0.4) is 0 Å². The molecule has 3 atom stereocenters. The molecule has 1 aliphatic heterocycles. The zero-order chi connectivity index (χ0) is 14.4. The molecule has 1 saturated carbocycles. The van der Waals surface area contributed by atoms with Crippen molar-refractivity contribution in [1.82, 2.24) is 4.90 Å². The molecule has 108 valence electrons. The van der Waals surface area contributed by atoms with Crippen LogP contribution in [0.1, 0.15) is 33.6 Å². The number of hydrogen-bond donors (Lipinski definition) is 1. The summed E-state index contributed by atoms with van der Waals surface area (Å²) < 4.78 is 10.5. The van der Waals surface area contributed by atoms with Crippen LogP contribution in [0.25, 0.3) is 0 Å². The SMILES string of the molecule is COC[C@@]12CC1N(C(=O)OC(C)(C)C)[C@H](C(=O)O)C2. The maximum absolute atomic E-state index is 12.2. The van der Waals surface area contributed by atoms with Gasteiger partial charge in [-0.05, 0) is 33.6 Å². The summed E-state index contributed by atoms with van der Waals surface area (Å²) in [5.41, 5.74) is -0.809. The molecular formula is C13H21NO5. The van der Waals surface area contributed by atoms with Gasteiger partial charge in [0.15, 0.2) is 0 Å². The van der Waals surface area contributed by atoms with Crippen molar-refractivity contribution in [2.75, 3.05) is 13.7 Å². The number of aliphatic carboxylic acids is 1. The van der Waals surface area contributed by atoms with Gasteiger partial charge in [0.2, 0.25) is 0 Å². The van der Waals surface area contributed by atoms with Gasteiger partial charge in [0.1, 0.15) is 11.6 Å². The van der Waals surface area contributed by atoms with E-state index in [1.165, 1.54) is 4.90 Å². The van der Waals surface area contributed by atoms with E-state index in [4.69, 9.17) is 9.47 Å². The molecule has 1 saturated heterocycles. The van der Waals surface area contributed by atoms with Crippen LogP contribution in [0.2, 0.25) is 0 Å². The Morgan fingerprint density at radius 1 is 1.37 bits per heavy atom. The van der Waals surface area contributed by atoms with Gasteiger partial charge in [-0.3, -0.25) is 4.90 Å². The van der Waals surface area contributed by atoms with Crippen LogP contribution in [0.5, 0.6) is 0 Å². The third-order valence-electron chi connectivity index (χ3n) is 3.74. The molecule has 0 radical (unpaired) electrons. The van der Waals surface area contributed by atoms with Crippen LogP contribution in [-0.4, -0.2) is 53.5 Å². The topological polar surface area (TPSA) is 76.1 Å². The molecule has 0 aromatic rings. The minimum absolute atomic E-state index is 0.0663. The van der Waals surface area contributed by atoms with Gasteiger partial charge in [-0.25, -0.2) is 9.59 Å². The first-order valence-corrected chi connectivity index (χ1v) is 6.43. The number of carbonyl (C=O) groups is 2. The molecule has 2 fully saturated rings. The fourth-order valence-electron chi connectivity index (χ4n) is 2.92. The second-order valence-corrected chi connectivity index (χ2v) is 6.46. The quantitative estimate of drug-likeness (QED) is 0.841. The zero-order valence-corrected chi connectivity index (χ0v) is 11.8. The molecule has 6 heteroatoms. The average Bonchev–Trinajstić information content (AvgIpc) is 2.81. The standard InChI is InChI=1S/C13H21NO5/c1-12(2,3)19-11(17)14-8(10(15)16)5-13(7-18-4)6-9(13)14/h8-9H,5-7H2,1-4H3,(H,15,16)/t8-,9?,13+/m0/s1. The molecule has 1 amide bonds. The van der Waals surface area contributed by atoms with Gasteiger partial charge in [0, 0.05) is 18.6 Å². The molecule has 1 aliphatic carbocycles. The summed E-state index contributed by atoms with van der Waals surface area (Å²) in [4.78, 5) is 24.8. The maximum Gasteiger partial charge on any atom is 0.411 e. The van der Waals surface area contributed by atoms with E-state index in [2.05, 4.69) is 0 Å². The molecule has 0 aromatic carbocycles. The summed E-state index contributed by atoms with van der Waals surface area (Å²) in [6.45, 7) is 5.80. The third-order valence-corrected chi connectivity index (χ3v) is 3.74. The van der Waals surface area contributed by atoms with Gasteiger partial charge < -0.3 is 14.6 Å². The number of hydrogen-bond acceptors (Lipinski definition) is 4. The molecule has 1 N–H and O–H groups in total. The minimum Gasteiger partial charge on any atom is -0.480 e. The number of likely N-dealkylation sites (tertiary alicyclic amines) is 1. The molecule has 0 aromatic heterocycles. The minimum atomic E-state index is -0.978. The number of nitrogens with zero attached hydrogens (tertiary/aromatic N) is 1. The first-order chi connectivity index (χ1) is 8.70. The fourth-order valence-corrected chi connectivity index (χ4v) is 2.92. The van der Waals surface area contributed by atoms with Gasteiger partial charge >= 0.3 is 12.1 Å². The van der Waals surface area contributed by atoms with Gasteiger partial charge in [0.25, 0.3) is 0 Å². The third kappa shape index (κ3) is 2.54. The van der Waals surface area contributed by atoms with Gasteiger partial charge in [-0.2, -0.15) is 0 Å². The Morgan fingerprint density at radius 2 is 2.00 bits per heavy atom. The lowest BCUT2D eigenvalue weighted by molar-refractivity contribution is -0.142. The van der Waals surface area contributed by atoms with Crippen molar-refractivity contribution in [3.8, 4) is 0 Å². The fraction of sp³-hybridized carbons (Fsp3) is 0.846. The summed E-state index contributed by atoms with van der Waals surface area (Å²) in [7, 11) is 1.59. The number of methoxy groups -OCH3 is 1. The van der Waals surface area contributed by atoms with Gasteiger partial charge in [-0.15, -0.1) is 0 Å². The second-order valence-electron chi connectivity index (χ2n) is 6.46. The van der Waals surface area contributed by atoms with E-state index in [1.807, 2.05) is 0 Å². The number of ether oxygens (including phenoxy) is 2. The number of amides is 1. The number of fused-ring (bicyclic) bond motifs is 1. The van der Waals surface area contributed by atoms with Crippen molar-refractivity contribution in [2.24, 2.45) is 5.41 Å². The van der Waals surface area contributed by atoms with Crippen LogP contribution < -0.4 is 0 Å². The molecule has 1 unspecified atom stereocenters. The lowest BCUT2D eigenvalue weighted by Crippen LogP contribution is -2.45. The maximum atomic E-state index is 12.2. The molecular weight excluding hydrogens is 250 g/mol. The molecule has 19 heavy (non-hydrogen) atoms. The molecule has 0 bridgehead atoms. The summed E-state index contributed by atoms with van der Waals surface area (Å²) in [6.07, 6.45) is 0.699. The Kier molecular flexibility index (Phi) is 3.24. The van der Waals surface area contributed by atoms with Gasteiger partial charge in [0.05, 0.1) is 6.61 Å². The Labute approximate surface area is 112 Å². The van der Waals surface area contributed by atoms with E-state index in [0.717, 1.165) is 6.42 Å². The van der Waals surface area contributed by atoms with E-state index in [0.29, 0.717) is 13.0 Å². The van der Waals surface area contributed by atoms with E-state index in [9.17, 15) is 14.7 Å². The van der Waals surface area contributed by atoms with E-state index in [1.54, 1.807) is 27.9 Å². The largest absolute Gasteiger partial charge is 0.480 e. The van der Waals surface area contributed by atoms with Crippen molar-refractivity contribution >= 4 is 12.1 Å². The van der Waals surface area contributed by atoms with Crippen molar-refractivity contribution in [3.05, 3.63) is 0 Å². The monoisotopic (exact) mass is 271 g/mol. The lowest BCUT2D eigenvalue weighted by Gasteiger charge is -2.28. The van der Waals surface area contributed by atoms with E-state index >= 15 is 0 Å². The molecule has 2 rings (SSSR count). The lowest BCUT2D eigenvalue weighted by atomic mass is 10.0. The van der Waals surface area contributed by atoms with Crippen LogP contribution in [0, 0.1) is 5.41 Å². The first kappa shape index (κ1) is 14.1. The normalized spacial score (nSPS) is 32.9. The first-order valence-electron chi connectivity index (χ1n) is 6.43. The van der Waals surface area contributed by atoms with Crippen LogP contribution in [-0.2, 0) is 14.3 Å². The number of carbonyl (C=O) groups excluding carboxylic acids is 1. The van der Waals surface area contributed by atoms with Crippen molar-refractivity contribution < 1.29 is 24.2 Å². The van der Waals surface area contributed by atoms with Crippen molar-refractivity contribution in [2.45, 2.75) is 51.3 Å². The Morgan fingerprint density at radius 3 is 2.47 bits per heavy atom. The summed E-state index contributed by atoms with van der Waals surface area (Å²) in [5, 5.41) is 9.26. The summed E-state index contributed by atoms with van der Waals surface area (Å²) in [5.74, 6) is -0.978. The van der Waals surface area contributed by atoms with E-state index < -0.39 is 23.7 Å². The predicted octanol–water partition coefficient (Wildman–Crippen LogP) is 1.49. The molecule has 6 nitrogen and oxygen atoms in total. The van der Waals surface area contributed by atoms with Crippen LogP contribution >= 0.6 is 0 Å². The number of carboxylic acids is 1. The molecule has 1 heterocycles. The van der Waals surface area contributed by atoms with Crippen LogP contribution in [0.4, 0.5) is 4.79 Å². The Hall–Kier alpha value is -1.30. The van der Waals surface area contributed by atoms with Crippen molar-refractivity contribution in [3.63, 3.8) is 0 Å². The number of carboxylic acid groups (broad SMARTS) is 1. The second kappa shape index (κ2) is 4.37. The zero-order valence-electron chi connectivity index (χ0n) is 11.8. The van der Waals surface area contributed by atoms with E-state index in [-0.39, 0.29) is 11.5 Å². The highest BCUT2D eigenvalue weighted by Gasteiger charge is 2.68. The number of rotatable bonds is 3. The predicted molar refractivity (Wildman–Crippen MR) is 66.8 cm³/mol. The highest BCUT2D eigenvalue weighted by Crippen LogP contribution is 2.59. The average molecular weight is 271 g/mol. The Balaban J connectivity index is 2.14. The highest BCUT2D eigenvalue weighted by molar-refractivity contribution is 5.82. The Bertz CT molecular complexity index is 402. The summed E-state index contributed by atoms with van der Waals surface area (Å²) >= 11 is 0. The molecule has 0 spiro atoms. The van der Waals surface area contributed by atoms with Crippen LogP contribution in [0.15, 0.2) is 0 Å². The van der Waals surface area contributed by atoms with Crippen molar-refractivity contribution in [1.29, 1.82) is 0 Å². The molecule has 2 aliphatic rings. The highest BCUT2D eigenvalue weighted by atomic mass is 16.6. The number of piperidine rings is 1.